The molecule has 1 N–H and O–H groups in total. The van der Waals surface area contributed by atoms with E-state index < -0.39 is 6.10 Å². The van der Waals surface area contributed by atoms with E-state index in [1.54, 1.807) is 4.90 Å². The number of fused-ring (bicyclic) bond motifs is 1. The molecule has 1 amide bonds. The van der Waals surface area contributed by atoms with Gasteiger partial charge in [-0.25, -0.2) is 4.79 Å². The van der Waals surface area contributed by atoms with Crippen molar-refractivity contribution in [3.63, 3.8) is 0 Å². The van der Waals surface area contributed by atoms with Gasteiger partial charge in [-0.2, -0.15) is 0 Å². The summed E-state index contributed by atoms with van der Waals surface area (Å²) in [6.45, 7) is 0.877. The fraction of sp³-hybridized carbons (Fsp3) is 0.625. The first-order chi connectivity index (χ1) is 5.79. The van der Waals surface area contributed by atoms with E-state index >= 15 is 0 Å². The average molecular weight is 169 g/mol. The van der Waals surface area contributed by atoms with Gasteiger partial charge in [-0.1, -0.05) is 12.2 Å². The molecule has 0 aromatic carbocycles. The Bertz CT molecular complexity index is 226. The van der Waals surface area contributed by atoms with Gasteiger partial charge in [0.15, 0.2) is 0 Å². The van der Waals surface area contributed by atoms with Crippen LogP contribution < -0.4 is 0 Å². The van der Waals surface area contributed by atoms with E-state index in [0.29, 0.717) is 19.6 Å². The molecule has 0 bridgehead atoms. The third-order valence-corrected chi connectivity index (χ3v) is 2.30. The Morgan fingerprint density at radius 3 is 3.25 bits per heavy atom. The highest BCUT2D eigenvalue weighted by Crippen LogP contribution is 2.19. The highest BCUT2D eigenvalue weighted by molar-refractivity contribution is 5.70. The summed E-state index contributed by atoms with van der Waals surface area (Å²) < 4.78 is 4.82. The first-order valence-corrected chi connectivity index (χ1v) is 4.05. The van der Waals surface area contributed by atoms with Crippen LogP contribution in [0.5, 0.6) is 0 Å². The Morgan fingerprint density at radius 2 is 2.42 bits per heavy atom. The van der Waals surface area contributed by atoms with Crippen molar-refractivity contribution < 1.29 is 14.6 Å². The van der Waals surface area contributed by atoms with Crippen molar-refractivity contribution in [2.75, 3.05) is 13.2 Å². The first kappa shape index (κ1) is 7.61. The number of amides is 1. The average Bonchev–Trinajstić information content (AvgIpc) is 2.30. The number of aliphatic hydroxyl groups excluding tert-OH is 1. The molecule has 2 aliphatic rings. The number of carbonyl (C=O) groups excluding carboxylic acids is 1. The van der Waals surface area contributed by atoms with Crippen molar-refractivity contribution in [2.24, 2.45) is 0 Å². The Morgan fingerprint density at radius 1 is 1.58 bits per heavy atom. The maximum absolute atomic E-state index is 11.1. The Kier molecular flexibility index (Phi) is 1.77. The van der Waals surface area contributed by atoms with Gasteiger partial charge in [-0.3, -0.25) is 4.90 Å². The molecule has 4 heteroatoms. The number of ether oxygens (including phenoxy) is 1. The number of cyclic esters (lactones) is 1. The molecule has 1 saturated heterocycles. The number of hydrogen-bond donors (Lipinski definition) is 1. The Hall–Kier alpha value is -1.03. The quantitative estimate of drug-likeness (QED) is 0.524. The van der Waals surface area contributed by atoms with E-state index in [4.69, 9.17) is 4.74 Å². The van der Waals surface area contributed by atoms with Gasteiger partial charge in [0.2, 0.25) is 0 Å². The number of carbonyl (C=O) groups is 1. The lowest BCUT2D eigenvalue weighted by atomic mass is 10.1. The summed E-state index contributed by atoms with van der Waals surface area (Å²) >= 11 is 0. The zero-order valence-electron chi connectivity index (χ0n) is 6.64. The minimum atomic E-state index is -0.477. The van der Waals surface area contributed by atoms with E-state index in [1.165, 1.54) is 0 Å². The van der Waals surface area contributed by atoms with Crippen LogP contribution in [-0.2, 0) is 4.74 Å². The fourth-order valence-corrected chi connectivity index (χ4v) is 1.57. The monoisotopic (exact) mass is 169 g/mol. The summed E-state index contributed by atoms with van der Waals surface area (Å²) in [4.78, 5) is 12.6. The molecule has 66 valence electrons. The minimum absolute atomic E-state index is 0.146. The van der Waals surface area contributed by atoms with Crippen molar-refractivity contribution in [3.8, 4) is 0 Å². The van der Waals surface area contributed by atoms with Gasteiger partial charge in [0.05, 0.1) is 12.1 Å². The summed E-state index contributed by atoms with van der Waals surface area (Å²) in [6, 6.07) is -0.146. The zero-order chi connectivity index (χ0) is 8.55. The van der Waals surface area contributed by atoms with E-state index in [0.717, 1.165) is 0 Å². The van der Waals surface area contributed by atoms with Crippen LogP contribution in [0.4, 0.5) is 4.79 Å². The lowest BCUT2D eigenvalue weighted by Gasteiger charge is -2.21. The van der Waals surface area contributed by atoms with Crippen LogP contribution in [0.2, 0.25) is 0 Å². The van der Waals surface area contributed by atoms with Crippen molar-refractivity contribution in [2.45, 2.75) is 18.6 Å². The van der Waals surface area contributed by atoms with E-state index in [2.05, 4.69) is 0 Å². The number of nitrogens with zero attached hydrogens (tertiary/aromatic N) is 1. The van der Waals surface area contributed by atoms with Gasteiger partial charge >= 0.3 is 6.09 Å². The minimum Gasteiger partial charge on any atom is -0.447 e. The molecule has 2 atom stereocenters. The molecule has 2 rings (SSSR count). The second-order valence-corrected chi connectivity index (χ2v) is 3.07. The van der Waals surface area contributed by atoms with Crippen LogP contribution in [0.25, 0.3) is 0 Å². The van der Waals surface area contributed by atoms with Crippen molar-refractivity contribution in [3.05, 3.63) is 12.2 Å². The van der Waals surface area contributed by atoms with Crippen LogP contribution in [0, 0.1) is 0 Å². The zero-order valence-corrected chi connectivity index (χ0v) is 6.64. The second kappa shape index (κ2) is 2.79. The van der Waals surface area contributed by atoms with Crippen LogP contribution >= 0.6 is 0 Å². The third-order valence-electron chi connectivity index (χ3n) is 2.30. The maximum Gasteiger partial charge on any atom is 0.410 e. The molecular weight excluding hydrogens is 158 g/mol. The highest BCUT2D eigenvalue weighted by atomic mass is 16.6. The molecule has 1 fully saturated rings. The lowest BCUT2D eigenvalue weighted by molar-refractivity contribution is 0.0964. The molecule has 12 heavy (non-hydrogen) atoms. The molecule has 0 unspecified atom stereocenters. The largest absolute Gasteiger partial charge is 0.447 e. The molecule has 0 aromatic rings. The summed E-state index contributed by atoms with van der Waals surface area (Å²) in [7, 11) is 0. The van der Waals surface area contributed by atoms with Gasteiger partial charge in [0, 0.05) is 6.54 Å². The van der Waals surface area contributed by atoms with Crippen LogP contribution in [-0.4, -0.2) is 41.4 Å². The second-order valence-electron chi connectivity index (χ2n) is 3.07. The van der Waals surface area contributed by atoms with Crippen molar-refractivity contribution in [1.82, 2.24) is 4.90 Å². The molecule has 0 aliphatic carbocycles. The fourth-order valence-electron chi connectivity index (χ4n) is 1.57. The smallest absolute Gasteiger partial charge is 0.410 e. The normalized spacial score (nSPS) is 34.4. The Balaban J connectivity index is 2.18. The molecule has 0 radical (unpaired) electrons. The predicted octanol–water partition coefficient (Wildman–Crippen LogP) is 0.128. The molecular formula is C8H11NO3. The summed E-state index contributed by atoms with van der Waals surface area (Å²) in [5.74, 6) is 0. The van der Waals surface area contributed by atoms with Crippen molar-refractivity contribution in [1.29, 1.82) is 0 Å². The number of hydrogen-bond acceptors (Lipinski definition) is 3. The van der Waals surface area contributed by atoms with Crippen molar-refractivity contribution >= 4 is 6.09 Å². The predicted molar refractivity (Wildman–Crippen MR) is 41.6 cm³/mol. The van der Waals surface area contributed by atoms with E-state index in [9.17, 15) is 9.90 Å². The van der Waals surface area contributed by atoms with Gasteiger partial charge in [0.25, 0.3) is 0 Å². The summed E-state index contributed by atoms with van der Waals surface area (Å²) in [5, 5.41) is 9.55. The van der Waals surface area contributed by atoms with Gasteiger partial charge in [-0.15, -0.1) is 0 Å². The SMILES string of the molecule is O=C1OC[C@H]2[C@@H](O)CC=CCN12. The molecule has 2 aliphatic heterocycles. The van der Waals surface area contributed by atoms with Gasteiger partial charge in [0.1, 0.15) is 6.61 Å². The Labute approximate surface area is 70.4 Å². The third kappa shape index (κ3) is 1.08. The summed E-state index contributed by atoms with van der Waals surface area (Å²) in [6.07, 6.45) is 3.60. The van der Waals surface area contributed by atoms with Gasteiger partial charge in [-0.05, 0) is 6.42 Å². The lowest BCUT2D eigenvalue weighted by Crippen LogP contribution is -2.40. The van der Waals surface area contributed by atoms with Gasteiger partial charge < -0.3 is 9.84 Å². The van der Waals surface area contributed by atoms with Crippen LogP contribution in [0.1, 0.15) is 6.42 Å². The molecule has 4 nitrogen and oxygen atoms in total. The van der Waals surface area contributed by atoms with E-state index in [1.807, 2.05) is 12.2 Å². The van der Waals surface area contributed by atoms with Crippen LogP contribution in [0.15, 0.2) is 12.2 Å². The highest BCUT2D eigenvalue weighted by Gasteiger charge is 2.37. The first-order valence-electron chi connectivity index (χ1n) is 4.05. The standard InChI is InChI=1S/C8H11NO3/c10-7-3-1-2-4-9-6(7)5-12-8(9)11/h1-2,6-7,10H,3-5H2/t6-,7-/m0/s1. The number of aliphatic hydroxyl groups is 1. The number of rotatable bonds is 0. The van der Waals surface area contributed by atoms with Crippen LogP contribution in [0.3, 0.4) is 0 Å². The topological polar surface area (TPSA) is 49.8 Å². The molecule has 0 aromatic heterocycles. The molecule has 0 saturated carbocycles. The molecule has 0 spiro atoms. The van der Waals surface area contributed by atoms with E-state index in [-0.39, 0.29) is 12.1 Å². The summed E-state index contributed by atoms with van der Waals surface area (Å²) in [5.41, 5.74) is 0. The molecule has 2 heterocycles. The maximum atomic E-state index is 11.1.